The quantitative estimate of drug-likeness (QED) is 0.448. The molecule has 40 heavy (non-hydrogen) atoms. The Kier molecular flexibility index (Phi) is 9.17. The Hall–Kier alpha value is -3.23. The fourth-order valence-corrected chi connectivity index (χ4v) is 6.27. The highest BCUT2D eigenvalue weighted by atomic mass is 16.5. The van der Waals surface area contributed by atoms with E-state index in [9.17, 15) is 4.79 Å². The topological polar surface area (TPSA) is 74.9 Å². The summed E-state index contributed by atoms with van der Waals surface area (Å²) >= 11 is 0. The number of pyridine rings is 1. The third-order valence-electron chi connectivity index (χ3n) is 8.53. The first-order chi connectivity index (χ1) is 19.4. The summed E-state index contributed by atoms with van der Waals surface area (Å²) in [6.45, 7) is 7.39. The smallest absolute Gasteiger partial charge is 0.276 e. The Morgan fingerprint density at radius 1 is 1.02 bits per heavy atom. The van der Waals surface area contributed by atoms with E-state index in [0.717, 1.165) is 75.5 Å². The maximum atomic E-state index is 13.6. The van der Waals surface area contributed by atoms with Gasteiger partial charge in [-0.3, -0.25) is 14.7 Å². The largest absolute Gasteiger partial charge is 0.492 e. The van der Waals surface area contributed by atoms with E-state index in [1.165, 1.54) is 24.0 Å². The number of rotatable bonds is 5. The Bertz CT molecular complexity index is 1250. The van der Waals surface area contributed by atoms with Crippen molar-refractivity contribution in [1.29, 1.82) is 0 Å². The van der Waals surface area contributed by atoms with Gasteiger partial charge >= 0.3 is 0 Å². The van der Waals surface area contributed by atoms with Crippen LogP contribution in [0.25, 0.3) is 0 Å². The molecule has 2 aromatic heterocycles. The number of para-hydroxylation sites is 1. The van der Waals surface area contributed by atoms with Crippen LogP contribution in [0, 0.1) is 12.3 Å². The molecule has 1 amide bonds. The van der Waals surface area contributed by atoms with Crippen LogP contribution in [0.15, 0.2) is 53.3 Å². The van der Waals surface area contributed by atoms with Crippen molar-refractivity contribution in [2.75, 3.05) is 46.9 Å². The number of nitrogens with zero attached hydrogens (tertiary/aromatic N) is 5. The average molecular weight is 546 g/mol. The van der Waals surface area contributed by atoms with Gasteiger partial charge in [0, 0.05) is 57.2 Å². The molecule has 0 atom stereocenters. The number of benzene rings is 1. The van der Waals surface area contributed by atoms with Crippen LogP contribution in [0.3, 0.4) is 0 Å². The first-order valence-electron chi connectivity index (χ1n) is 14.6. The summed E-state index contributed by atoms with van der Waals surface area (Å²) in [5, 5.41) is 4.17. The minimum absolute atomic E-state index is 0.00430. The molecular weight excluding hydrogens is 502 g/mol. The van der Waals surface area contributed by atoms with Crippen LogP contribution in [0.5, 0.6) is 5.75 Å². The van der Waals surface area contributed by atoms with E-state index in [-0.39, 0.29) is 11.3 Å². The zero-order chi connectivity index (χ0) is 28.0. The maximum absolute atomic E-state index is 13.6. The molecule has 8 nitrogen and oxygen atoms in total. The highest BCUT2D eigenvalue weighted by Crippen LogP contribution is 2.39. The predicted octanol–water partition coefficient (Wildman–Crippen LogP) is 4.97. The van der Waals surface area contributed by atoms with Crippen LogP contribution in [-0.4, -0.2) is 77.6 Å². The van der Waals surface area contributed by atoms with Gasteiger partial charge in [0.25, 0.3) is 5.91 Å². The first kappa shape index (κ1) is 28.3. The van der Waals surface area contributed by atoms with Crippen molar-refractivity contribution in [2.24, 2.45) is 5.41 Å². The number of hydrogen-bond donors (Lipinski definition) is 0. The van der Waals surface area contributed by atoms with Crippen LogP contribution >= 0.6 is 0 Å². The molecule has 2 aliphatic rings. The molecule has 0 radical (unpaired) electrons. The zero-order valence-electron chi connectivity index (χ0n) is 24.3. The summed E-state index contributed by atoms with van der Waals surface area (Å²) in [5.41, 5.74) is 4.09. The molecule has 2 aliphatic heterocycles. The second kappa shape index (κ2) is 13.0. The molecule has 1 aromatic carbocycles. The number of carbonyl (C=O) groups is 1. The monoisotopic (exact) mass is 545 g/mol. The van der Waals surface area contributed by atoms with Crippen molar-refractivity contribution in [3.05, 3.63) is 76.9 Å². The van der Waals surface area contributed by atoms with Crippen LogP contribution in [-0.2, 0) is 19.5 Å². The molecule has 1 fully saturated rings. The number of aromatic nitrogens is 2. The molecule has 5 rings (SSSR count). The van der Waals surface area contributed by atoms with E-state index in [1.54, 1.807) is 0 Å². The van der Waals surface area contributed by atoms with E-state index in [0.29, 0.717) is 18.8 Å². The highest BCUT2D eigenvalue weighted by Gasteiger charge is 2.38. The molecule has 4 heterocycles. The summed E-state index contributed by atoms with van der Waals surface area (Å²) in [4.78, 5) is 24.4. The lowest BCUT2D eigenvalue weighted by Crippen LogP contribution is -2.48. The fraction of sp³-hybridized carbons (Fsp3) is 0.531. The van der Waals surface area contributed by atoms with E-state index in [1.807, 2.05) is 43.2 Å². The first-order valence-corrected chi connectivity index (χ1v) is 14.6. The SMILES string of the molecule is Cc1onc(C(=O)N2CCC3(CCCCc4ccccc4OCCN(Cc4ccncc4)C3)CC2)c1CN(C)C. The van der Waals surface area contributed by atoms with Gasteiger partial charge in [0.05, 0.1) is 0 Å². The number of ether oxygens (including phenoxy) is 1. The third-order valence-corrected chi connectivity index (χ3v) is 8.53. The molecule has 0 N–H and O–H groups in total. The third kappa shape index (κ3) is 6.91. The van der Waals surface area contributed by atoms with Crippen LogP contribution in [0.4, 0.5) is 0 Å². The molecular formula is C32H43N5O3. The van der Waals surface area contributed by atoms with E-state index in [2.05, 4.69) is 51.4 Å². The van der Waals surface area contributed by atoms with E-state index >= 15 is 0 Å². The number of hydrogen-bond acceptors (Lipinski definition) is 7. The molecule has 1 spiro atoms. The average Bonchev–Trinajstić information content (AvgIpc) is 3.31. The molecule has 8 heteroatoms. The van der Waals surface area contributed by atoms with Crippen LogP contribution in [0.2, 0.25) is 0 Å². The van der Waals surface area contributed by atoms with Crippen molar-refractivity contribution in [3.8, 4) is 5.75 Å². The fourth-order valence-electron chi connectivity index (χ4n) is 6.27. The van der Waals surface area contributed by atoms with Gasteiger partial charge in [0.1, 0.15) is 18.1 Å². The lowest BCUT2D eigenvalue weighted by Gasteiger charge is -2.45. The minimum atomic E-state index is -0.00430. The number of carbonyl (C=O) groups excluding carboxylic acids is 1. The molecule has 0 saturated carbocycles. The van der Waals surface area contributed by atoms with E-state index in [4.69, 9.17) is 9.26 Å². The van der Waals surface area contributed by atoms with Crippen molar-refractivity contribution >= 4 is 5.91 Å². The predicted molar refractivity (Wildman–Crippen MR) is 155 cm³/mol. The van der Waals surface area contributed by atoms with Crippen LogP contribution in [0.1, 0.15) is 65.0 Å². The molecule has 3 aromatic rings. The van der Waals surface area contributed by atoms with Gasteiger partial charge in [-0.05, 0) is 87.9 Å². The lowest BCUT2D eigenvalue weighted by atomic mass is 9.73. The van der Waals surface area contributed by atoms with Crippen molar-refractivity contribution in [3.63, 3.8) is 0 Å². The van der Waals surface area contributed by atoms with Gasteiger partial charge < -0.3 is 19.1 Å². The minimum Gasteiger partial charge on any atom is -0.492 e. The van der Waals surface area contributed by atoms with Crippen molar-refractivity contribution in [1.82, 2.24) is 24.8 Å². The van der Waals surface area contributed by atoms with E-state index < -0.39 is 0 Å². The number of likely N-dealkylation sites (tertiary alicyclic amines) is 1. The van der Waals surface area contributed by atoms with Crippen molar-refractivity contribution in [2.45, 2.75) is 58.5 Å². The summed E-state index contributed by atoms with van der Waals surface area (Å²) in [5.74, 6) is 1.74. The lowest BCUT2D eigenvalue weighted by molar-refractivity contribution is 0.0354. The van der Waals surface area contributed by atoms with Gasteiger partial charge in [-0.15, -0.1) is 0 Å². The maximum Gasteiger partial charge on any atom is 0.276 e. The summed E-state index contributed by atoms with van der Waals surface area (Å²) < 4.78 is 11.8. The number of amides is 1. The standard InChI is InChI=1S/C32H43N5O3/c1-25-28(23-35(2)3)30(34-40-25)31(38)37-18-14-32(15-19-37)13-7-6-9-27-8-4-5-10-29(27)39-21-20-36(24-32)22-26-11-16-33-17-12-26/h4-5,8,10-12,16-17H,6-7,9,13-15,18-24H2,1-3H3. The molecule has 1 saturated heterocycles. The highest BCUT2D eigenvalue weighted by molar-refractivity contribution is 5.93. The molecule has 0 unspecified atom stereocenters. The summed E-state index contributed by atoms with van der Waals surface area (Å²) in [7, 11) is 3.99. The Labute approximate surface area is 238 Å². The summed E-state index contributed by atoms with van der Waals surface area (Å²) in [6, 6.07) is 12.7. The van der Waals surface area contributed by atoms with Gasteiger partial charge in [-0.25, -0.2) is 0 Å². The Morgan fingerprint density at radius 2 is 1.80 bits per heavy atom. The van der Waals surface area contributed by atoms with Gasteiger partial charge in [0.2, 0.25) is 0 Å². The second-order valence-electron chi connectivity index (χ2n) is 11.8. The Morgan fingerprint density at radius 3 is 2.58 bits per heavy atom. The molecule has 0 bridgehead atoms. The normalized spacial score (nSPS) is 18.6. The van der Waals surface area contributed by atoms with Gasteiger partial charge in [-0.1, -0.05) is 29.8 Å². The van der Waals surface area contributed by atoms with Crippen LogP contribution < -0.4 is 4.74 Å². The second-order valence-corrected chi connectivity index (χ2v) is 11.8. The molecule has 0 aliphatic carbocycles. The summed E-state index contributed by atoms with van der Waals surface area (Å²) in [6.07, 6.45) is 10.2. The van der Waals surface area contributed by atoms with Gasteiger partial charge in [-0.2, -0.15) is 0 Å². The molecule has 214 valence electrons. The zero-order valence-corrected chi connectivity index (χ0v) is 24.3. The number of fused-ring (bicyclic) bond motifs is 1. The van der Waals surface area contributed by atoms with Crippen molar-refractivity contribution < 1.29 is 14.1 Å². The van der Waals surface area contributed by atoms with Gasteiger partial charge in [0.15, 0.2) is 5.69 Å². The number of aryl methyl sites for hydroxylation is 2. The Balaban J connectivity index is 1.32. The number of piperidine rings is 1.